The lowest BCUT2D eigenvalue weighted by Crippen LogP contribution is -2.23. The fourth-order valence-electron chi connectivity index (χ4n) is 1.18. The molecule has 0 heterocycles. The molecule has 0 N–H and O–H groups in total. The second-order valence-electron chi connectivity index (χ2n) is 3.22. The van der Waals surface area contributed by atoms with Crippen molar-refractivity contribution in [3.8, 4) is 11.8 Å². The molecule has 0 saturated heterocycles. The maximum absolute atomic E-state index is 10.8. The Bertz CT molecular complexity index is 370. The first-order valence-corrected chi connectivity index (χ1v) is 4.94. The summed E-state index contributed by atoms with van der Waals surface area (Å²) in [6.45, 7) is 1.50. The second-order valence-corrected chi connectivity index (χ2v) is 3.22. The molecule has 16 heavy (non-hydrogen) atoms. The van der Waals surface area contributed by atoms with Crippen molar-refractivity contribution in [3.05, 3.63) is 30.3 Å². The van der Waals surface area contributed by atoms with Crippen LogP contribution in [-0.4, -0.2) is 18.7 Å². The Hall–Kier alpha value is -2.02. The first-order chi connectivity index (χ1) is 7.72. The van der Waals surface area contributed by atoms with Gasteiger partial charge >= 0.3 is 5.97 Å². The van der Waals surface area contributed by atoms with Crippen molar-refractivity contribution in [1.29, 1.82) is 5.26 Å². The van der Waals surface area contributed by atoms with Crippen molar-refractivity contribution in [2.24, 2.45) is 0 Å². The number of benzene rings is 1. The van der Waals surface area contributed by atoms with Gasteiger partial charge in [-0.3, -0.25) is 4.79 Å². The minimum atomic E-state index is -0.511. The predicted octanol–water partition coefficient (Wildman–Crippen LogP) is 1.91. The van der Waals surface area contributed by atoms with E-state index >= 15 is 0 Å². The Balaban J connectivity index is 2.44. The van der Waals surface area contributed by atoms with Crippen LogP contribution in [0, 0.1) is 11.3 Å². The first-order valence-electron chi connectivity index (χ1n) is 4.94. The van der Waals surface area contributed by atoms with Gasteiger partial charge in [0.25, 0.3) is 0 Å². The fourth-order valence-corrected chi connectivity index (χ4v) is 1.18. The van der Waals surface area contributed by atoms with Crippen LogP contribution < -0.4 is 4.74 Å². The van der Waals surface area contributed by atoms with Gasteiger partial charge in [0, 0.05) is 6.92 Å². The molecule has 4 heteroatoms. The van der Waals surface area contributed by atoms with Crippen LogP contribution in [-0.2, 0) is 9.53 Å². The molecule has 0 aliphatic rings. The van der Waals surface area contributed by atoms with Crippen LogP contribution in [0.2, 0.25) is 0 Å². The highest BCUT2D eigenvalue weighted by molar-refractivity contribution is 5.66. The summed E-state index contributed by atoms with van der Waals surface area (Å²) in [5.41, 5.74) is 0. The summed E-state index contributed by atoms with van der Waals surface area (Å²) in [7, 11) is 0. The maximum Gasteiger partial charge on any atom is 0.303 e. The number of esters is 1. The van der Waals surface area contributed by atoms with Crippen LogP contribution in [0.15, 0.2) is 30.3 Å². The van der Waals surface area contributed by atoms with Crippen LogP contribution in [0.4, 0.5) is 0 Å². The van der Waals surface area contributed by atoms with Gasteiger partial charge in [0.2, 0.25) is 0 Å². The van der Waals surface area contributed by atoms with E-state index in [9.17, 15) is 4.79 Å². The van der Waals surface area contributed by atoms with E-state index < -0.39 is 12.1 Å². The average Bonchev–Trinajstić information content (AvgIpc) is 2.27. The number of rotatable bonds is 5. The largest absolute Gasteiger partial charge is 0.490 e. The van der Waals surface area contributed by atoms with E-state index in [1.807, 2.05) is 24.3 Å². The SMILES string of the molecule is CC(=O)O[C@H](CC#N)COc1ccccc1. The molecule has 0 amide bonds. The lowest BCUT2D eigenvalue weighted by molar-refractivity contribution is -0.147. The summed E-state index contributed by atoms with van der Waals surface area (Å²) < 4.78 is 10.3. The summed E-state index contributed by atoms with van der Waals surface area (Å²) in [5, 5.41) is 8.55. The van der Waals surface area contributed by atoms with Crippen LogP contribution in [0.5, 0.6) is 5.75 Å². The minimum Gasteiger partial charge on any atom is -0.490 e. The molecule has 0 radical (unpaired) electrons. The molecule has 1 atom stereocenters. The van der Waals surface area contributed by atoms with E-state index in [-0.39, 0.29) is 13.0 Å². The molecular weight excluding hydrogens is 206 g/mol. The Morgan fingerprint density at radius 2 is 2.12 bits per heavy atom. The Kier molecular flexibility index (Phi) is 4.87. The molecule has 1 aromatic carbocycles. The molecular formula is C12H13NO3. The van der Waals surface area contributed by atoms with Crippen molar-refractivity contribution >= 4 is 5.97 Å². The fraction of sp³-hybridized carbons (Fsp3) is 0.333. The third-order valence-electron chi connectivity index (χ3n) is 1.83. The van der Waals surface area contributed by atoms with Crippen LogP contribution in [0.25, 0.3) is 0 Å². The lowest BCUT2D eigenvalue weighted by Gasteiger charge is -2.14. The molecule has 1 rings (SSSR count). The minimum absolute atomic E-state index is 0.131. The number of hydrogen-bond donors (Lipinski definition) is 0. The van der Waals surface area contributed by atoms with Gasteiger partial charge in [0.15, 0.2) is 0 Å². The van der Waals surface area contributed by atoms with Gasteiger partial charge in [0.05, 0.1) is 12.5 Å². The van der Waals surface area contributed by atoms with E-state index in [2.05, 4.69) is 0 Å². The summed E-state index contributed by atoms with van der Waals surface area (Å²) >= 11 is 0. The van der Waals surface area contributed by atoms with E-state index in [0.717, 1.165) is 0 Å². The van der Waals surface area contributed by atoms with Crippen molar-refractivity contribution in [2.45, 2.75) is 19.4 Å². The summed E-state index contributed by atoms with van der Waals surface area (Å²) in [6.07, 6.45) is -0.380. The zero-order valence-corrected chi connectivity index (χ0v) is 9.05. The molecule has 0 spiro atoms. The van der Waals surface area contributed by atoms with Crippen LogP contribution in [0.3, 0.4) is 0 Å². The zero-order chi connectivity index (χ0) is 11.8. The van der Waals surface area contributed by atoms with Gasteiger partial charge in [0.1, 0.15) is 18.5 Å². The molecule has 0 aliphatic carbocycles. The Morgan fingerprint density at radius 1 is 1.44 bits per heavy atom. The van der Waals surface area contributed by atoms with Gasteiger partial charge < -0.3 is 9.47 Å². The number of ether oxygens (including phenoxy) is 2. The predicted molar refractivity (Wildman–Crippen MR) is 57.7 cm³/mol. The van der Waals surface area contributed by atoms with Gasteiger partial charge in [-0.15, -0.1) is 0 Å². The third-order valence-corrected chi connectivity index (χ3v) is 1.83. The highest BCUT2D eigenvalue weighted by Crippen LogP contribution is 2.10. The highest BCUT2D eigenvalue weighted by atomic mass is 16.6. The Labute approximate surface area is 94.4 Å². The van der Waals surface area contributed by atoms with E-state index in [1.165, 1.54) is 6.92 Å². The van der Waals surface area contributed by atoms with Crippen molar-refractivity contribution in [2.75, 3.05) is 6.61 Å². The van der Waals surface area contributed by atoms with Crippen molar-refractivity contribution in [1.82, 2.24) is 0 Å². The van der Waals surface area contributed by atoms with Gasteiger partial charge in [-0.1, -0.05) is 18.2 Å². The standard InChI is InChI=1S/C12H13NO3/c1-10(14)16-12(7-8-13)9-15-11-5-3-2-4-6-11/h2-6,12H,7,9H2,1H3/t12-/m1/s1. The van der Waals surface area contributed by atoms with Gasteiger partial charge in [-0.2, -0.15) is 5.26 Å². The third kappa shape index (κ3) is 4.47. The zero-order valence-electron chi connectivity index (χ0n) is 9.05. The molecule has 0 fully saturated rings. The topological polar surface area (TPSA) is 59.3 Å². The maximum atomic E-state index is 10.8. The number of para-hydroxylation sites is 1. The van der Waals surface area contributed by atoms with Crippen LogP contribution in [0.1, 0.15) is 13.3 Å². The number of carbonyl (C=O) groups excluding carboxylic acids is 1. The van der Waals surface area contributed by atoms with E-state index in [4.69, 9.17) is 14.7 Å². The second kappa shape index (κ2) is 6.46. The van der Waals surface area contributed by atoms with E-state index in [1.54, 1.807) is 12.1 Å². The van der Waals surface area contributed by atoms with Crippen LogP contribution >= 0.6 is 0 Å². The highest BCUT2D eigenvalue weighted by Gasteiger charge is 2.12. The Morgan fingerprint density at radius 3 is 2.69 bits per heavy atom. The molecule has 0 aromatic heterocycles. The monoisotopic (exact) mass is 219 g/mol. The summed E-state index contributed by atoms with van der Waals surface area (Å²) in [6, 6.07) is 11.1. The smallest absolute Gasteiger partial charge is 0.303 e. The summed E-state index contributed by atoms with van der Waals surface area (Å²) in [5.74, 6) is 0.287. The molecule has 0 aliphatic heterocycles. The number of carbonyl (C=O) groups is 1. The average molecular weight is 219 g/mol. The quantitative estimate of drug-likeness (QED) is 0.710. The molecule has 84 valence electrons. The lowest BCUT2D eigenvalue weighted by atomic mass is 10.3. The molecule has 0 unspecified atom stereocenters. The number of hydrogen-bond acceptors (Lipinski definition) is 4. The molecule has 4 nitrogen and oxygen atoms in total. The molecule has 0 saturated carbocycles. The normalized spacial score (nSPS) is 11.2. The first kappa shape index (κ1) is 12.1. The number of nitriles is 1. The molecule has 0 bridgehead atoms. The van der Waals surface area contributed by atoms with Crippen molar-refractivity contribution in [3.63, 3.8) is 0 Å². The van der Waals surface area contributed by atoms with Crippen molar-refractivity contribution < 1.29 is 14.3 Å². The van der Waals surface area contributed by atoms with Gasteiger partial charge in [-0.25, -0.2) is 0 Å². The summed E-state index contributed by atoms with van der Waals surface area (Å²) in [4.78, 5) is 10.8. The van der Waals surface area contributed by atoms with E-state index in [0.29, 0.717) is 5.75 Å². The molecule has 1 aromatic rings. The van der Waals surface area contributed by atoms with Gasteiger partial charge in [-0.05, 0) is 12.1 Å². The number of nitrogens with zero attached hydrogens (tertiary/aromatic N) is 1.